The third-order valence-electron chi connectivity index (χ3n) is 4.79. The zero-order chi connectivity index (χ0) is 22.2. The minimum atomic E-state index is -0.254. The van der Waals surface area contributed by atoms with Gasteiger partial charge in [0.25, 0.3) is 0 Å². The first kappa shape index (κ1) is 25.2. The number of aromatic nitrogens is 1. The van der Waals surface area contributed by atoms with Crippen molar-refractivity contribution in [1.29, 1.82) is 0 Å². The summed E-state index contributed by atoms with van der Waals surface area (Å²) in [6.45, 7) is 6.03. The predicted octanol–water partition coefficient (Wildman–Crippen LogP) is 3.20. The second-order valence-corrected chi connectivity index (χ2v) is 8.71. The van der Waals surface area contributed by atoms with E-state index in [2.05, 4.69) is 15.2 Å². The van der Waals surface area contributed by atoms with E-state index in [1.807, 2.05) is 24.3 Å². The molecule has 0 bridgehead atoms. The molecule has 8 heteroatoms. The molecule has 0 aliphatic carbocycles. The van der Waals surface area contributed by atoms with E-state index in [4.69, 9.17) is 9.47 Å². The van der Waals surface area contributed by atoms with Crippen LogP contribution in [0.2, 0.25) is 0 Å². The topological polar surface area (TPSA) is 80.8 Å². The van der Waals surface area contributed by atoms with Crippen molar-refractivity contribution in [3.05, 3.63) is 36.0 Å². The summed E-state index contributed by atoms with van der Waals surface area (Å²) in [6, 6.07) is 4.06. The number of thioether (sulfide) groups is 1. The Labute approximate surface area is 190 Å². The number of ether oxygens (including phenoxy) is 2. The molecule has 1 N–H and O–H groups in total. The van der Waals surface area contributed by atoms with Crippen molar-refractivity contribution >= 4 is 23.6 Å². The lowest BCUT2D eigenvalue weighted by molar-refractivity contribution is -0.140. The van der Waals surface area contributed by atoms with Gasteiger partial charge < -0.3 is 14.8 Å². The van der Waals surface area contributed by atoms with E-state index in [-0.39, 0.29) is 11.9 Å². The minimum Gasteiger partial charge on any atom is -0.473 e. The second kappa shape index (κ2) is 15.7. The van der Waals surface area contributed by atoms with Gasteiger partial charge in [0.2, 0.25) is 11.8 Å². The highest BCUT2D eigenvalue weighted by Crippen LogP contribution is 2.15. The molecule has 1 amide bonds. The Bertz CT molecular complexity index is 693. The summed E-state index contributed by atoms with van der Waals surface area (Å²) in [5.74, 6) is 2.06. The van der Waals surface area contributed by atoms with E-state index in [0.29, 0.717) is 32.1 Å². The summed E-state index contributed by atoms with van der Waals surface area (Å²) in [7, 11) is 0. The number of piperidine rings is 1. The second-order valence-electron chi connectivity index (χ2n) is 7.48. The lowest BCUT2D eigenvalue weighted by Crippen LogP contribution is -2.29. The molecule has 0 aromatic carbocycles. The van der Waals surface area contributed by atoms with Gasteiger partial charge in [-0.3, -0.25) is 14.5 Å². The molecule has 1 aliphatic heterocycles. The van der Waals surface area contributed by atoms with Gasteiger partial charge in [0.05, 0.1) is 0 Å². The minimum absolute atomic E-state index is 0.0400. The zero-order valence-electron chi connectivity index (χ0n) is 18.5. The quantitative estimate of drug-likeness (QED) is 0.265. The number of nitrogens with zero attached hydrogens (tertiary/aromatic N) is 2. The van der Waals surface area contributed by atoms with Gasteiger partial charge in [0.1, 0.15) is 13.2 Å². The van der Waals surface area contributed by atoms with Crippen molar-refractivity contribution in [2.75, 3.05) is 44.4 Å². The van der Waals surface area contributed by atoms with Crippen LogP contribution >= 0.6 is 11.8 Å². The number of pyridine rings is 1. The highest BCUT2D eigenvalue weighted by Gasteiger charge is 2.10. The zero-order valence-corrected chi connectivity index (χ0v) is 19.3. The first-order chi connectivity index (χ1) is 15.1. The summed E-state index contributed by atoms with van der Waals surface area (Å²) < 4.78 is 10.6. The Balaban J connectivity index is 1.50. The summed E-state index contributed by atoms with van der Waals surface area (Å²) in [5, 5.41) is 2.87. The van der Waals surface area contributed by atoms with Crippen molar-refractivity contribution in [1.82, 2.24) is 15.2 Å². The van der Waals surface area contributed by atoms with E-state index in [1.54, 1.807) is 18.0 Å². The smallest absolute Gasteiger partial charge is 0.302 e. The maximum atomic E-state index is 11.8. The molecule has 1 saturated heterocycles. The Morgan fingerprint density at radius 3 is 2.87 bits per heavy atom. The van der Waals surface area contributed by atoms with E-state index in [0.717, 1.165) is 24.5 Å². The number of hydrogen-bond donors (Lipinski definition) is 1. The van der Waals surface area contributed by atoms with Crippen LogP contribution in [0.5, 0.6) is 5.88 Å². The summed E-state index contributed by atoms with van der Waals surface area (Å²) in [6.07, 6.45) is 10.8. The third kappa shape index (κ3) is 12.4. The molecule has 0 saturated carbocycles. The third-order valence-corrected chi connectivity index (χ3v) is 5.82. The molecular formula is C23H35N3O4S. The molecule has 1 fully saturated rings. The van der Waals surface area contributed by atoms with Gasteiger partial charge >= 0.3 is 5.97 Å². The number of amides is 1. The van der Waals surface area contributed by atoms with Crippen LogP contribution in [-0.4, -0.2) is 66.1 Å². The molecule has 0 atom stereocenters. The number of carbonyl (C=O) groups is 2. The van der Waals surface area contributed by atoms with Crippen LogP contribution in [0.4, 0.5) is 0 Å². The fraction of sp³-hybridized carbons (Fsp3) is 0.609. The highest BCUT2D eigenvalue weighted by atomic mass is 32.2. The first-order valence-electron chi connectivity index (χ1n) is 11.1. The van der Waals surface area contributed by atoms with Gasteiger partial charge in [-0.15, -0.1) is 0 Å². The van der Waals surface area contributed by atoms with Gasteiger partial charge in [-0.1, -0.05) is 12.5 Å². The normalized spacial score (nSPS) is 14.5. The molecule has 0 spiro atoms. The Morgan fingerprint density at radius 2 is 2.06 bits per heavy atom. The summed E-state index contributed by atoms with van der Waals surface area (Å²) in [5.41, 5.74) is 1.23. The summed E-state index contributed by atoms with van der Waals surface area (Å²) in [4.78, 5) is 29.2. The number of esters is 1. The first-order valence-corrected chi connectivity index (χ1v) is 12.2. The van der Waals surface area contributed by atoms with Crippen LogP contribution in [0.3, 0.4) is 0 Å². The van der Waals surface area contributed by atoms with E-state index < -0.39 is 0 Å². The number of hydrogen-bond acceptors (Lipinski definition) is 7. The van der Waals surface area contributed by atoms with Crippen molar-refractivity contribution in [2.45, 2.75) is 45.6 Å². The van der Waals surface area contributed by atoms with Gasteiger partial charge in [-0.2, -0.15) is 11.8 Å². The van der Waals surface area contributed by atoms with Crippen LogP contribution in [0, 0.1) is 0 Å². The van der Waals surface area contributed by atoms with Crippen LogP contribution in [0.1, 0.15) is 44.6 Å². The standard InChI is InChI=1S/C23H35N3O4S/c1-20(27)29-15-17-31-16-7-8-22(28)24-10-3-6-14-30-23-18-21(9-11-25-23)19-26-12-4-2-5-13-26/h3,6,9,11,18H,2,4-5,7-8,10,12-17,19H2,1H3,(H,24,28)/b6-3-. The molecule has 0 radical (unpaired) electrons. The monoisotopic (exact) mass is 449 g/mol. The molecule has 1 aliphatic rings. The van der Waals surface area contributed by atoms with E-state index >= 15 is 0 Å². The van der Waals surface area contributed by atoms with Crippen molar-refractivity contribution < 1.29 is 19.1 Å². The predicted molar refractivity (Wildman–Crippen MR) is 124 cm³/mol. The largest absolute Gasteiger partial charge is 0.473 e. The van der Waals surface area contributed by atoms with Gasteiger partial charge in [-0.05, 0) is 55.8 Å². The Morgan fingerprint density at radius 1 is 1.23 bits per heavy atom. The van der Waals surface area contributed by atoms with Crippen LogP contribution in [0.25, 0.3) is 0 Å². The molecule has 31 heavy (non-hydrogen) atoms. The van der Waals surface area contributed by atoms with Crippen molar-refractivity contribution in [3.63, 3.8) is 0 Å². The van der Waals surface area contributed by atoms with Crippen LogP contribution < -0.4 is 10.1 Å². The Kier molecular flexibility index (Phi) is 12.8. The van der Waals surface area contributed by atoms with Crippen molar-refractivity contribution in [2.24, 2.45) is 0 Å². The maximum Gasteiger partial charge on any atom is 0.302 e. The number of rotatable bonds is 14. The van der Waals surface area contributed by atoms with Crippen LogP contribution in [0.15, 0.2) is 30.5 Å². The number of nitrogens with one attached hydrogen (secondary N) is 1. The molecule has 7 nitrogen and oxygen atoms in total. The van der Waals surface area contributed by atoms with E-state index in [1.165, 1.54) is 44.8 Å². The SMILES string of the molecule is CC(=O)OCCSCCCC(=O)NC/C=C\COc1cc(CN2CCCCC2)ccn1. The molecule has 1 aromatic heterocycles. The van der Waals surface area contributed by atoms with Crippen LogP contribution in [-0.2, 0) is 20.9 Å². The van der Waals surface area contributed by atoms with E-state index in [9.17, 15) is 9.59 Å². The average Bonchev–Trinajstić information content (AvgIpc) is 2.76. The average molecular weight is 450 g/mol. The number of carbonyl (C=O) groups excluding carboxylic acids is 2. The van der Waals surface area contributed by atoms with Gasteiger partial charge in [0, 0.05) is 44.5 Å². The highest BCUT2D eigenvalue weighted by molar-refractivity contribution is 7.99. The Hall–Kier alpha value is -2.06. The summed E-state index contributed by atoms with van der Waals surface area (Å²) >= 11 is 1.68. The fourth-order valence-electron chi connectivity index (χ4n) is 3.23. The molecule has 1 aromatic rings. The van der Waals surface area contributed by atoms with Gasteiger partial charge in [0.15, 0.2) is 0 Å². The number of likely N-dealkylation sites (tertiary alicyclic amines) is 1. The molecular weight excluding hydrogens is 414 g/mol. The fourth-order valence-corrected chi connectivity index (χ4v) is 3.98. The molecule has 2 rings (SSSR count). The van der Waals surface area contributed by atoms with Crippen molar-refractivity contribution in [3.8, 4) is 5.88 Å². The molecule has 0 unspecified atom stereocenters. The molecule has 172 valence electrons. The lowest BCUT2D eigenvalue weighted by atomic mass is 10.1. The maximum absolute atomic E-state index is 11.8. The van der Waals surface area contributed by atoms with Gasteiger partial charge in [-0.25, -0.2) is 4.98 Å². The lowest BCUT2D eigenvalue weighted by Gasteiger charge is -2.26. The molecule has 2 heterocycles.